The van der Waals surface area contributed by atoms with E-state index in [9.17, 15) is 0 Å². The van der Waals surface area contributed by atoms with E-state index in [4.69, 9.17) is 21.1 Å². The first-order chi connectivity index (χ1) is 10.9. The summed E-state index contributed by atoms with van der Waals surface area (Å²) >= 11 is 6.40. The zero-order valence-corrected chi connectivity index (χ0v) is 15.0. The normalized spacial score (nSPS) is 19.9. The number of rotatable bonds is 3. The Hall–Kier alpha value is -1.67. The van der Waals surface area contributed by atoms with Gasteiger partial charge in [-0.3, -0.25) is 0 Å². The van der Waals surface area contributed by atoms with Crippen LogP contribution in [-0.4, -0.2) is 5.06 Å². The lowest BCUT2D eigenvalue weighted by molar-refractivity contribution is 0.147. The lowest BCUT2D eigenvalue weighted by Gasteiger charge is -2.34. The molecule has 0 spiro atoms. The molecule has 1 aliphatic heterocycles. The van der Waals surface area contributed by atoms with Crippen molar-refractivity contribution in [2.75, 3.05) is 0 Å². The Labute approximate surface area is 143 Å². The maximum absolute atomic E-state index is 6.40. The molecule has 0 saturated heterocycles. The molecule has 0 unspecified atom stereocenters. The summed E-state index contributed by atoms with van der Waals surface area (Å²) in [5.74, 6) is 1.92. The maximum atomic E-state index is 6.40. The molecule has 1 aliphatic rings. The van der Waals surface area contributed by atoms with Crippen molar-refractivity contribution < 1.29 is 9.47 Å². The molecule has 0 fully saturated rings. The smallest absolute Gasteiger partial charge is 0.180 e. The van der Waals surface area contributed by atoms with Gasteiger partial charge in [0.05, 0.1) is 0 Å². The van der Waals surface area contributed by atoms with Gasteiger partial charge in [0.1, 0.15) is 18.1 Å². The van der Waals surface area contributed by atoms with Gasteiger partial charge in [-0.1, -0.05) is 41.9 Å². The Kier molecular flexibility index (Phi) is 4.29. The lowest BCUT2D eigenvalue weighted by Crippen LogP contribution is -2.31. The van der Waals surface area contributed by atoms with Gasteiger partial charge in [0.2, 0.25) is 0 Å². The highest BCUT2D eigenvalue weighted by molar-refractivity contribution is 6.22. The van der Waals surface area contributed by atoms with Gasteiger partial charge in [-0.25, -0.2) is 0 Å². The molecule has 0 amide bonds. The molecule has 122 valence electrons. The topological polar surface area (TPSA) is 18.5 Å². The zero-order valence-electron chi connectivity index (χ0n) is 14.2. The summed E-state index contributed by atoms with van der Waals surface area (Å²) in [6.45, 7) is 8.80. The molecule has 3 rings (SSSR count). The SMILES string of the molecule is Cc1c(C)c2c(c(C)c1OCc1ccccc1)CC[C@](C)(Cl)O2. The van der Waals surface area contributed by atoms with E-state index in [1.807, 2.05) is 25.1 Å². The molecule has 0 N–H and O–H groups in total. The quantitative estimate of drug-likeness (QED) is 0.695. The van der Waals surface area contributed by atoms with E-state index in [-0.39, 0.29) is 0 Å². The first-order valence-corrected chi connectivity index (χ1v) is 8.44. The van der Waals surface area contributed by atoms with E-state index >= 15 is 0 Å². The average molecular weight is 331 g/mol. The fourth-order valence-corrected chi connectivity index (χ4v) is 3.32. The van der Waals surface area contributed by atoms with Crippen LogP contribution >= 0.6 is 11.6 Å². The number of fused-ring (bicyclic) bond motifs is 1. The molecular formula is C20H23ClO2. The zero-order chi connectivity index (χ0) is 16.6. The van der Waals surface area contributed by atoms with Gasteiger partial charge >= 0.3 is 0 Å². The van der Waals surface area contributed by atoms with E-state index in [1.54, 1.807) is 0 Å². The second-order valence-electron chi connectivity index (χ2n) is 6.49. The van der Waals surface area contributed by atoms with Crippen molar-refractivity contribution in [2.45, 2.75) is 52.2 Å². The summed E-state index contributed by atoms with van der Waals surface area (Å²) in [7, 11) is 0. The van der Waals surface area contributed by atoms with Gasteiger partial charge in [0, 0.05) is 12.0 Å². The number of halogens is 1. The van der Waals surface area contributed by atoms with Gasteiger partial charge in [0.25, 0.3) is 0 Å². The number of alkyl halides is 1. The third-order valence-corrected chi connectivity index (χ3v) is 4.94. The highest BCUT2D eigenvalue weighted by atomic mass is 35.5. The summed E-state index contributed by atoms with van der Waals surface area (Å²) in [6.07, 6.45) is 1.73. The van der Waals surface area contributed by atoms with Crippen LogP contribution in [-0.2, 0) is 13.0 Å². The molecule has 3 heteroatoms. The van der Waals surface area contributed by atoms with Crippen molar-refractivity contribution in [2.24, 2.45) is 0 Å². The first kappa shape index (κ1) is 16.2. The van der Waals surface area contributed by atoms with E-state index < -0.39 is 5.06 Å². The van der Waals surface area contributed by atoms with Crippen LogP contribution in [0.4, 0.5) is 0 Å². The number of benzene rings is 2. The number of ether oxygens (including phenoxy) is 2. The van der Waals surface area contributed by atoms with Crippen LogP contribution in [0, 0.1) is 20.8 Å². The van der Waals surface area contributed by atoms with Crippen molar-refractivity contribution >= 4 is 11.6 Å². The van der Waals surface area contributed by atoms with Gasteiger partial charge in [-0.15, -0.1) is 0 Å². The molecule has 1 heterocycles. The second kappa shape index (κ2) is 6.09. The Morgan fingerprint density at radius 3 is 2.48 bits per heavy atom. The minimum absolute atomic E-state index is 0.578. The highest BCUT2D eigenvalue weighted by Gasteiger charge is 2.32. The Bertz CT molecular complexity index is 720. The second-order valence-corrected chi connectivity index (χ2v) is 7.29. The van der Waals surface area contributed by atoms with Crippen LogP contribution in [0.15, 0.2) is 30.3 Å². The predicted octanol–water partition coefficient (Wildman–Crippen LogP) is 5.47. The molecule has 0 saturated carbocycles. The molecule has 1 atom stereocenters. The van der Waals surface area contributed by atoms with Crippen molar-refractivity contribution in [1.29, 1.82) is 0 Å². The van der Waals surface area contributed by atoms with E-state index in [2.05, 4.69) is 32.9 Å². The minimum atomic E-state index is -0.608. The molecule has 2 aromatic carbocycles. The predicted molar refractivity (Wildman–Crippen MR) is 94.6 cm³/mol. The van der Waals surface area contributed by atoms with E-state index in [0.717, 1.165) is 35.5 Å². The first-order valence-electron chi connectivity index (χ1n) is 8.06. The highest BCUT2D eigenvalue weighted by Crippen LogP contribution is 2.44. The Balaban J connectivity index is 1.95. The van der Waals surface area contributed by atoms with Crippen molar-refractivity contribution in [1.82, 2.24) is 0 Å². The Morgan fingerprint density at radius 2 is 1.78 bits per heavy atom. The van der Waals surface area contributed by atoms with Crippen LogP contribution in [0.25, 0.3) is 0 Å². The molecule has 0 aliphatic carbocycles. The molecule has 0 radical (unpaired) electrons. The lowest BCUT2D eigenvalue weighted by atomic mass is 9.91. The van der Waals surface area contributed by atoms with Crippen LogP contribution < -0.4 is 9.47 Å². The van der Waals surface area contributed by atoms with Gasteiger partial charge in [-0.2, -0.15) is 0 Å². The largest absolute Gasteiger partial charge is 0.488 e. The van der Waals surface area contributed by atoms with E-state index in [0.29, 0.717) is 6.61 Å². The molecule has 2 nitrogen and oxygen atoms in total. The Morgan fingerprint density at radius 1 is 1.09 bits per heavy atom. The summed E-state index contributed by atoms with van der Waals surface area (Å²) < 4.78 is 12.2. The average Bonchev–Trinajstić information content (AvgIpc) is 2.53. The summed E-state index contributed by atoms with van der Waals surface area (Å²) in [5.41, 5.74) is 5.83. The van der Waals surface area contributed by atoms with Gasteiger partial charge in [0.15, 0.2) is 5.06 Å². The van der Waals surface area contributed by atoms with Gasteiger partial charge in [-0.05, 0) is 56.4 Å². The third kappa shape index (κ3) is 3.18. The van der Waals surface area contributed by atoms with Crippen LogP contribution in [0.1, 0.15) is 41.2 Å². The number of hydrogen-bond acceptors (Lipinski definition) is 2. The standard InChI is InChI=1S/C20H23ClO2/c1-13-14(2)19-17(10-11-20(4,21)23-19)15(3)18(13)22-12-16-8-6-5-7-9-16/h5-9H,10-12H2,1-4H3/t20-/m1/s1. The number of hydrogen-bond donors (Lipinski definition) is 0. The molecule has 0 bridgehead atoms. The molecule has 23 heavy (non-hydrogen) atoms. The summed E-state index contributed by atoms with van der Waals surface area (Å²) in [5, 5.41) is -0.608. The van der Waals surface area contributed by atoms with Crippen LogP contribution in [0.3, 0.4) is 0 Å². The van der Waals surface area contributed by atoms with Gasteiger partial charge < -0.3 is 9.47 Å². The third-order valence-electron chi connectivity index (χ3n) is 4.67. The van der Waals surface area contributed by atoms with Crippen molar-refractivity contribution in [3.8, 4) is 11.5 Å². The molecule has 0 aromatic heterocycles. The summed E-state index contributed by atoms with van der Waals surface area (Å²) in [4.78, 5) is 0. The van der Waals surface area contributed by atoms with E-state index in [1.165, 1.54) is 16.7 Å². The monoisotopic (exact) mass is 330 g/mol. The molecule has 2 aromatic rings. The van der Waals surface area contributed by atoms with Crippen LogP contribution in [0.5, 0.6) is 11.5 Å². The minimum Gasteiger partial charge on any atom is -0.488 e. The van der Waals surface area contributed by atoms with Crippen molar-refractivity contribution in [3.05, 3.63) is 58.1 Å². The maximum Gasteiger partial charge on any atom is 0.180 e. The molecular weight excluding hydrogens is 308 g/mol. The van der Waals surface area contributed by atoms with Crippen molar-refractivity contribution in [3.63, 3.8) is 0 Å². The van der Waals surface area contributed by atoms with Crippen LogP contribution in [0.2, 0.25) is 0 Å². The summed E-state index contributed by atoms with van der Waals surface area (Å²) in [6, 6.07) is 10.2. The fourth-order valence-electron chi connectivity index (χ4n) is 3.15. The fraction of sp³-hybridized carbons (Fsp3) is 0.400.